The van der Waals surface area contributed by atoms with E-state index in [-0.39, 0.29) is 5.91 Å². The quantitative estimate of drug-likeness (QED) is 0.534. The van der Waals surface area contributed by atoms with E-state index in [0.717, 1.165) is 22.3 Å². The first-order chi connectivity index (χ1) is 12.2. The fraction of sp³-hybridized carbons (Fsp3) is 0. The number of nitrogens with one attached hydrogen (secondary N) is 1. The summed E-state index contributed by atoms with van der Waals surface area (Å²) < 4.78 is 0. The molecule has 0 aliphatic heterocycles. The van der Waals surface area contributed by atoms with E-state index in [1.807, 2.05) is 72.9 Å². The van der Waals surface area contributed by atoms with Gasteiger partial charge >= 0.3 is 0 Å². The van der Waals surface area contributed by atoms with Gasteiger partial charge in [-0.05, 0) is 60.0 Å². The van der Waals surface area contributed by atoms with Crippen LogP contribution in [0.3, 0.4) is 0 Å². The number of hydrogen-bond donors (Lipinski definition) is 2. The van der Waals surface area contributed by atoms with Crippen LogP contribution in [0.25, 0.3) is 10.9 Å². The molecule has 3 N–H and O–H groups in total. The van der Waals surface area contributed by atoms with Gasteiger partial charge in [0, 0.05) is 34.3 Å². The molecule has 0 saturated heterocycles. The maximum absolute atomic E-state index is 13.3. The second-order valence-electron chi connectivity index (χ2n) is 5.85. The van der Waals surface area contributed by atoms with Crippen molar-refractivity contribution >= 4 is 33.9 Å². The average Bonchev–Trinajstić information content (AvgIpc) is 3.12. The number of para-hydroxylation sites is 1. The number of aromatic amines is 1. The number of fused-ring (bicyclic) bond motifs is 1. The second kappa shape index (κ2) is 6.17. The molecule has 0 fully saturated rings. The molecule has 0 aliphatic carbocycles. The van der Waals surface area contributed by atoms with Crippen LogP contribution in [0, 0.1) is 0 Å². The minimum atomic E-state index is -0.0903. The van der Waals surface area contributed by atoms with Crippen LogP contribution >= 0.6 is 0 Å². The number of H-pyrrole nitrogens is 1. The Balaban J connectivity index is 1.81. The number of anilines is 3. The smallest absolute Gasteiger partial charge is 0.262 e. The summed E-state index contributed by atoms with van der Waals surface area (Å²) in [6.45, 7) is 0. The second-order valence-corrected chi connectivity index (χ2v) is 5.85. The van der Waals surface area contributed by atoms with E-state index in [0.29, 0.717) is 11.3 Å². The number of carbonyl (C=O) groups excluding carboxylic acids is 1. The van der Waals surface area contributed by atoms with Crippen molar-refractivity contribution in [3.63, 3.8) is 0 Å². The molecule has 4 aromatic rings. The molecule has 25 heavy (non-hydrogen) atoms. The Morgan fingerprint density at radius 2 is 1.56 bits per heavy atom. The van der Waals surface area contributed by atoms with Gasteiger partial charge in [0.25, 0.3) is 5.91 Å². The minimum absolute atomic E-state index is 0.0903. The molecular formula is C21H17N3O. The zero-order valence-electron chi connectivity index (χ0n) is 13.5. The van der Waals surface area contributed by atoms with Crippen molar-refractivity contribution in [1.29, 1.82) is 0 Å². The van der Waals surface area contributed by atoms with E-state index in [4.69, 9.17) is 5.73 Å². The minimum Gasteiger partial charge on any atom is -0.399 e. The van der Waals surface area contributed by atoms with Gasteiger partial charge in [-0.2, -0.15) is 0 Å². The van der Waals surface area contributed by atoms with E-state index in [9.17, 15) is 4.79 Å². The molecule has 1 aromatic heterocycles. The zero-order chi connectivity index (χ0) is 17.2. The number of aromatic nitrogens is 1. The van der Waals surface area contributed by atoms with Crippen LogP contribution in [0.4, 0.5) is 17.1 Å². The summed E-state index contributed by atoms with van der Waals surface area (Å²) in [6.07, 6.45) is 1.87. The van der Waals surface area contributed by atoms with Crippen LogP contribution in [0.2, 0.25) is 0 Å². The summed E-state index contributed by atoms with van der Waals surface area (Å²) in [6, 6.07) is 24.6. The van der Waals surface area contributed by atoms with Gasteiger partial charge < -0.3 is 10.7 Å². The fourth-order valence-corrected chi connectivity index (χ4v) is 2.89. The Kier molecular flexibility index (Phi) is 3.71. The molecule has 4 nitrogen and oxygen atoms in total. The predicted molar refractivity (Wildman–Crippen MR) is 102 cm³/mol. The van der Waals surface area contributed by atoms with Gasteiger partial charge in [-0.15, -0.1) is 0 Å². The molecule has 0 atom stereocenters. The summed E-state index contributed by atoms with van der Waals surface area (Å²) in [7, 11) is 0. The maximum atomic E-state index is 13.3. The maximum Gasteiger partial charge on any atom is 0.262 e. The Labute approximate surface area is 145 Å². The third kappa shape index (κ3) is 2.85. The third-order valence-electron chi connectivity index (χ3n) is 4.17. The van der Waals surface area contributed by atoms with Crippen molar-refractivity contribution in [2.75, 3.05) is 10.6 Å². The van der Waals surface area contributed by atoms with Crippen molar-refractivity contribution in [2.45, 2.75) is 0 Å². The van der Waals surface area contributed by atoms with E-state index in [2.05, 4.69) is 4.98 Å². The van der Waals surface area contributed by atoms with Gasteiger partial charge in [0.2, 0.25) is 0 Å². The van der Waals surface area contributed by atoms with Gasteiger partial charge in [-0.3, -0.25) is 9.69 Å². The van der Waals surface area contributed by atoms with E-state index < -0.39 is 0 Å². The van der Waals surface area contributed by atoms with Gasteiger partial charge in [0.1, 0.15) is 0 Å². The standard InChI is InChI=1S/C21H17N3O/c22-17-8-10-19(11-9-17)24(18-4-2-1-3-5-18)21(25)16-7-6-15-12-13-23-20(15)14-16/h1-14,23H,22H2. The van der Waals surface area contributed by atoms with E-state index >= 15 is 0 Å². The van der Waals surface area contributed by atoms with Crippen LogP contribution in [-0.2, 0) is 0 Å². The normalized spacial score (nSPS) is 10.7. The summed E-state index contributed by atoms with van der Waals surface area (Å²) in [4.78, 5) is 18.1. The van der Waals surface area contributed by atoms with Crippen molar-refractivity contribution in [3.05, 3.63) is 90.6 Å². The molecule has 0 aliphatic rings. The largest absolute Gasteiger partial charge is 0.399 e. The Bertz CT molecular complexity index is 1020. The molecular weight excluding hydrogens is 310 g/mol. The SMILES string of the molecule is Nc1ccc(N(C(=O)c2ccc3cc[nH]c3c2)c2ccccc2)cc1. The molecule has 0 saturated carbocycles. The number of benzene rings is 3. The number of amides is 1. The summed E-state index contributed by atoms with van der Waals surface area (Å²) in [5, 5.41) is 1.08. The summed E-state index contributed by atoms with van der Waals surface area (Å²) in [5.41, 5.74) is 9.61. The van der Waals surface area contributed by atoms with Crippen LogP contribution < -0.4 is 10.6 Å². The number of nitrogens with zero attached hydrogens (tertiary/aromatic N) is 1. The highest BCUT2D eigenvalue weighted by atomic mass is 16.2. The molecule has 122 valence electrons. The lowest BCUT2D eigenvalue weighted by atomic mass is 10.1. The molecule has 1 heterocycles. The zero-order valence-corrected chi connectivity index (χ0v) is 13.5. The molecule has 0 bridgehead atoms. The molecule has 4 heteroatoms. The van der Waals surface area contributed by atoms with Crippen LogP contribution in [0.15, 0.2) is 85.1 Å². The molecule has 4 rings (SSSR count). The lowest BCUT2D eigenvalue weighted by Crippen LogP contribution is -2.25. The first-order valence-corrected chi connectivity index (χ1v) is 8.04. The first-order valence-electron chi connectivity index (χ1n) is 8.04. The van der Waals surface area contributed by atoms with Crippen molar-refractivity contribution in [2.24, 2.45) is 0 Å². The average molecular weight is 327 g/mol. The van der Waals surface area contributed by atoms with Crippen molar-refractivity contribution in [3.8, 4) is 0 Å². The number of hydrogen-bond acceptors (Lipinski definition) is 2. The number of rotatable bonds is 3. The number of nitrogen functional groups attached to an aromatic ring is 1. The van der Waals surface area contributed by atoms with Gasteiger partial charge in [-0.25, -0.2) is 0 Å². The third-order valence-corrected chi connectivity index (χ3v) is 4.17. The van der Waals surface area contributed by atoms with Crippen LogP contribution in [0.1, 0.15) is 10.4 Å². The van der Waals surface area contributed by atoms with Crippen LogP contribution in [0.5, 0.6) is 0 Å². The lowest BCUT2D eigenvalue weighted by molar-refractivity contribution is 0.0999. The molecule has 3 aromatic carbocycles. The van der Waals surface area contributed by atoms with Gasteiger partial charge in [0.05, 0.1) is 0 Å². The lowest BCUT2D eigenvalue weighted by Gasteiger charge is -2.23. The molecule has 0 spiro atoms. The van der Waals surface area contributed by atoms with Crippen molar-refractivity contribution < 1.29 is 4.79 Å². The Morgan fingerprint density at radius 3 is 2.32 bits per heavy atom. The fourth-order valence-electron chi connectivity index (χ4n) is 2.89. The molecule has 1 amide bonds. The molecule has 0 unspecified atom stereocenters. The predicted octanol–water partition coefficient (Wildman–Crippen LogP) is 4.73. The number of nitrogens with two attached hydrogens (primary N) is 1. The van der Waals surface area contributed by atoms with Gasteiger partial charge in [0.15, 0.2) is 0 Å². The topological polar surface area (TPSA) is 62.1 Å². The van der Waals surface area contributed by atoms with Gasteiger partial charge in [-0.1, -0.05) is 24.3 Å². The monoisotopic (exact) mass is 327 g/mol. The highest BCUT2D eigenvalue weighted by Gasteiger charge is 2.20. The highest BCUT2D eigenvalue weighted by molar-refractivity contribution is 6.12. The highest BCUT2D eigenvalue weighted by Crippen LogP contribution is 2.28. The first kappa shape index (κ1) is 15.0. The van der Waals surface area contributed by atoms with Crippen LogP contribution in [-0.4, -0.2) is 10.9 Å². The van der Waals surface area contributed by atoms with Crippen molar-refractivity contribution in [1.82, 2.24) is 4.98 Å². The Hall–Kier alpha value is -3.53. The number of carbonyl (C=O) groups is 1. The van der Waals surface area contributed by atoms with E-state index in [1.165, 1.54) is 0 Å². The Morgan fingerprint density at radius 1 is 0.840 bits per heavy atom. The summed E-state index contributed by atoms with van der Waals surface area (Å²) >= 11 is 0. The summed E-state index contributed by atoms with van der Waals surface area (Å²) in [5.74, 6) is -0.0903. The molecule has 0 radical (unpaired) electrons. The van der Waals surface area contributed by atoms with E-state index in [1.54, 1.807) is 17.0 Å².